The molecule has 2 fully saturated rings. The highest BCUT2D eigenvalue weighted by molar-refractivity contribution is 5.99. The normalized spacial score (nSPS) is 27.9. The average molecular weight is 280 g/mol. The minimum Gasteiger partial charge on any atom is -0.340 e. The van der Waals surface area contributed by atoms with Gasteiger partial charge in [0.05, 0.1) is 0 Å². The highest BCUT2D eigenvalue weighted by atomic mass is 16.2. The number of piperazine rings is 1. The number of hydrogen-bond donors (Lipinski definition) is 1. The van der Waals surface area contributed by atoms with Gasteiger partial charge in [-0.3, -0.25) is 9.59 Å². The number of rotatable bonds is 3. The molecule has 2 rings (SSSR count). The Kier molecular flexibility index (Phi) is 4.40. The van der Waals surface area contributed by atoms with E-state index in [1.54, 1.807) is 13.8 Å². The number of nitrogens with zero attached hydrogens (tertiary/aromatic N) is 1. The lowest BCUT2D eigenvalue weighted by molar-refractivity contribution is -0.156. The summed E-state index contributed by atoms with van der Waals surface area (Å²) < 4.78 is 0. The molecule has 4 heteroatoms. The van der Waals surface area contributed by atoms with Gasteiger partial charge in [0.1, 0.15) is 11.6 Å². The number of carbonyl (C=O) groups is 2. The Morgan fingerprint density at radius 2 is 1.80 bits per heavy atom. The SMILES string of the molecule is CC(C)C1C(=O)NC(C)(C)C(=O)N1CC1CCCCC1. The molecule has 0 bridgehead atoms. The molecular formula is C16H28N2O2. The number of hydrogen-bond acceptors (Lipinski definition) is 2. The second-order valence-corrected chi connectivity index (χ2v) is 7.26. The molecule has 1 aliphatic heterocycles. The molecule has 1 N–H and O–H groups in total. The summed E-state index contributed by atoms with van der Waals surface area (Å²) >= 11 is 0. The molecule has 0 spiro atoms. The lowest BCUT2D eigenvalue weighted by atomic mass is 9.86. The van der Waals surface area contributed by atoms with Gasteiger partial charge in [0, 0.05) is 6.54 Å². The van der Waals surface area contributed by atoms with Crippen molar-refractivity contribution in [2.75, 3.05) is 6.54 Å². The third-order valence-corrected chi connectivity index (χ3v) is 4.65. The van der Waals surface area contributed by atoms with Crippen LogP contribution in [0, 0.1) is 11.8 Å². The van der Waals surface area contributed by atoms with Crippen LogP contribution in [-0.4, -0.2) is 34.8 Å². The minimum absolute atomic E-state index is 0.000379. The van der Waals surface area contributed by atoms with Crippen LogP contribution in [0.4, 0.5) is 0 Å². The van der Waals surface area contributed by atoms with Gasteiger partial charge in [0.2, 0.25) is 11.8 Å². The van der Waals surface area contributed by atoms with Gasteiger partial charge < -0.3 is 10.2 Å². The predicted molar refractivity (Wildman–Crippen MR) is 79.1 cm³/mol. The van der Waals surface area contributed by atoms with Gasteiger partial charge >= 0.3 is 0 Å². The van der Waals surface area contributed by atoms with Crippen LogP contribution >= 0.6 is 0 Å². The van der Waals surface area contributed by atoms with E-state index in [-0.39, 0.29) is 23.8 Å². The highest BCUT2D eigenvalue weighted by Gasteiger charge is 2.46. The van der Waals surface area contributed by atoms with Crippen LogP contribution in [0.2, 0.25) is 0 Å². The van der Waals surface area contributed by atoms with E-state index < -0.39 is 5.54 Å². The molecule has 0 aromatic carbocycles. The third kappa shape index (κ3) is 2.99. The summed E-state index contributed by atoms with van der Waals surface area (Å²) in [5, 5.41) is 2.87. The average Bonchev–Trinajstić information content (AvgIpc) is 2.36. The maximum atomic E-state index is 12.7. The standard InChI is InChI=1S/C16H28N2O2/c1-11(2)13-14(19)17-16(3,4)15(20)18(13)10-12-8-6-5-7-9-12/h11-13H,5-10H2,1-4H3,(H,17,19). The molecule has 1 atom stereocenters. The molecule has 2 amide bonds. The zero-order chi connectivity index (χ0) is 14.9. The quantitative estimate of drug-likeness (QED) is 0.862. The molecule has 1 heterocycles. The lowest BCUT2D eigenvalue weighted by Crippen LogP contribution is -2.69. The molecule has 0 aromatic rings. The fourth-order valence-electron chi connectivity index (χ4n) is 3.57. The molecule has 0 radical (unpaired) electrons. The molecule has 1 aliphatic carbocycles. The highest BCUT2D eigenvalue weighted by Crippen LogP contribution is 2.29. The largest absolute Gasteiger partial charge is 0.340 e. The van der Waals surface area contributed by atoms with Crippen molar-refractivity contribution in [2.24, 2.45) is 11.8 Å². The molecule has 1 saturated carbocycles. The maximum Gasteiger partial charge on any atom is 0.248 e. The first-order valence-corrected chi connectivity index (χ1v) is 7.96. The Morgan fingerprint density at radius 3 is 2.35 bits per heavy atom. The summed E-state index contributed by atoms with van der Waals surface area (Å²) in [6.45, 7) is 8.39. The van der Waals surface area contributed by atoms with Gasteiger partial charge in [-0.1, -0.05) is 33.1 Å². The van der Waals surface area contributed by atoms with Gasteiger partial charge in [0.15, 0.2) is 0 Å². The lowest BCUT2D eigenvalue weighted by Gasteiger charge is -2.45. The molecule has 1 unspecified atom stereocenters. The molecular weight excluding hydrogens is 252 g/mol. The summed E-state index contributed by atoms with van der Waals surface area (Å²) in [4.78, 5) is 26.9. The second kappa shape index (κ2) is 5.74. The van der Waals surface area contributed by atoms with Crippen molar-refractivity contribution in [2.45, 2.75) is 71.4 Å². The zero-order valence-electron chi connectivity index (χ0n) is 13.2. The maximum absolute atomic E-state index is 12.7. The van der Waals surface area contributed by atoms with Gasteiger partial charge in [-0.25, -0.2) is 0 Å². The van der Waals surface area contributed by atoms with Crippen LogP contribution in [0.25, 0.3) is 0 Å². The molecule has 4 nitrogen and oxygen atoms in total. The van der Waals surface area contributed by atoms with Crippen molar-refractivity contribution in [3.8, 4) is 0 Å². The molecule has 20 heavy (non-hydrogen) atoms. The van der Waals surface area contributed by atoms with Crippen molar-refractivity contribution < 1.29 is 9.59 Å². The Hall–Kier alpha value is -1.06. The first-order valence-electron chi connectivity index (χ1n) is 7.96. The summed E-state index contributed by atoms with van der Waals surface area (Å²) in [7, 11) is 0. The molecule has 1 saturated heterocycles. The van der Waals surface area contributed by atoms with Gasteiger partial charge in [-0.2, -0.15) is 0 Å². The predicted octanol–water partition coefficient (Wildman–Crippen LogP) is 2.33. The molecule has 0 aromatic heterocycles. The van der Waals surface area contributed by atoms with Crippen molar-refractivity contribution >= 4 is 11.8 Å². The number of carbonyl (C=O) groups excluding carboxylic acids is 2. The fourth-order valence-corrected chi connectivity index (χ4v) is 3.57. The van der Waals surface area contributed by atoms with E-state index in [9.17, 15) is 9.59 Å². The van der Waals surface area contributed by atoms with E-state index in [2.05, 4.69) is 5.32 Å². The van der Waals surface area contributed by atoms with E-state index in [4.69, 9.17) is 0 Å². The third-order valence-electron chi connectivity index (χ3n) is 4.65. The van der Waals surface area contributed by atoms with E-state index in [1.165, 1.54) is 32.1 Å². The van der Waals surface area contributed by atoms with Gasteiger partial charge in [-0.05, 0) is 38.5 Å². The smallest absolute Gasteiger partial charge is 0.248 e. The van der Waals surface area contributed by atoms with Crippen LogP contribution in [-0.2, 0) is 9.59 Å². The molecule has 2 aliphatic rings. The van der Waals surface area contributed by atoms with Gasteiger partial charge in [0.25, 0.3) is 0 Å². The van der Waals surface area contributed by atoms with Crippen molar-refractivity contribution in [3.63, 3.8) is 0 Å². The van der Waals surface area contributed by atoms with Crippen LogP contribution in [0.15, 0.2) is 0 Å². The van der Waals surface area contributed by atoms with Crippen molar-refractivity contribution in [1.29, 1.82) is 0 Å². The Balaban J connectivity index is 2.18. The monoisotopic (exact) mass is 280 g/mol. The Labute approximate surface area is 122 Å². The number of nitrogens with one attached hydrogen (secondary N) is 1. The first kappa shape index (κ1) is 15.3. The van der Waals surface area contributed by atoms with Crippen molar-refractivity contribution in [3.05, 3.63) is 0 Å². The Bertz CT molecular complexity index is 384. The van der Waals surface area contributed by atoms with E-state index in [0.29, 0.717) is 5.92 Å². The minimum atomic E-state index is -0.767. The van der Waals surface area contributed by atoms with Crippen LogP contribution in [0.1, 0.15) is 59.8 Å². The van der Waals surface area contributed by atoms with E-state index >= 15 is 0 Å². The van der Waals surface area contributed by atoms with Crippen LogP contribution in [0.5, 0.6) is 0 Å². The summed E-state index contributed by atoms with van der Waals surface area (Å²) in [6.07, 6.45) is 6.21. The Morgan fingerprint density at radius 1 is 1.20 bits per heavy atom. The summed E-state index contributed by atoms with van der Waals surface area (Å²) in [5.41, 5.74) is -0.767. The number of amides is 2. The van der Waals surface area contributed by atoms with E-state index in [0.717, 1.165) is 6.54 Å². The summed E-state index contributed by atoms with van der Waals surface area (Å²) in [6, 6.07) is -0.308. The zero-order valence-corrected chi connectivity index (χ0v) is 13.2. The fraction of sp³-hybridized carbons (Fsp3) is 0.875. The summed E-state index contributed by atoms with van der Waals surface area (Å²) in [5.74, 6) is 0.788. The van der Waals surface area contributed by atoms with Crippen molar-refractivity contribution in [1.82, 2.24) is 10.2 Å². The van der Waals surface area contributed by atoms with Crippen LogP contribution < -0.4 is 5.32 Å². The van der Waals surface area contributed by atoms with E-state index in [1.807, 2.05) is 18.7 Å². The van der Waals surface area contributed by atoms with Gasteiger partial charge in [-0.15, -0.1) is 0 Å². The topological polar surface area (TPSA) is 49.4 Å². The molecule has 114 valence electrons. The first-order chi connectivity index (χ1) is 9.33. The second-order valence-electron chi connectivity index (χ2n) is 7.26. The van der Waals surface area contributed by atoms with Crippen LogP contribution in [0.3, 0.4) is 0 Å².